The maximum absolute atomic E-state index is 6.18. The highest BCUT2D eigenvalue weighted by molar-refractivity contribution is 5.14. The molecule has 2 rings (SSSR count). The van der Waals surface area contributed by atoms with Crippen LogP contribution in [0.1, 0.15) is 18.4 Å². The molecule has 1 aromatic carbocycles. The second-order valence-electron chi connectivity index (χ2n) is 5.00. The predicted molar refractivity (Wildman–Crippen MR) is 68.3 cm³/mol. The first-order chi connectivity index (χ1) is 7.75. The lowest BCUT2D eigenvalue weighted by atomic mass is 9.88. The van der Waals surface area contributed by atoms with Crippen molar-refractivity contribution >= 4 is 0 Å². The summed E-state index contributed by atoms with van der Waals surface area (Å²) in [6.45, 7) is 2.32. The molecule has 2 unspecified atom stereocenters. The number of nitrogens with zero attached hydrogens (tertiary/aromatic N) is 1. The Kier molecular flexibility index (Phi) is 3.97. The molecule has 88 valence electrons. The summed E-state index contributed by atoms with van der Waals surface area (Å²) in [6.07, 6.45) is 3.53. The van der Waals surface area contributed by atoms with Gasteiger partial charge in [-0.05, 0) is 44.3 Å². The molecule has 0 aromatic heterocycles. The van der Waals surface area contributed by atoms with E-state index in [-0.39, 0.29) is 0 Å². The molecule has 2 heteroatoms. The summed E-state index contributed by atoms with van der Waals surface area (Å²) in [5.74, 6) is 0.666. The van der Waals surface area contributed by atoms with Crippen LogP contribution in [0.5, 0.6) is 0 Å². The monoisotopic (exact) mass is 218 g/mol. The van der Waals surface area contributed by atoms with Crippen LogP contribution in [0, 0.1) is 5.92 Å². The van der Waals surface area contributed by atoms with Gasteiger partial charge in [0.05, 0.1) is 0 Å². The molecule has 1 fully saturated rings. The van der Waals surface area contributed by atoms with Crippen LogP contribution in [0.3, 0.4) is 0 Å². The summed E-state index contributed by atoms with van der Waals surface area (Å²) in [7, 11) is 2.20. The van der Waals surface area contributed by atoms with Gasteiger partial charge in [0, 0.05) is 12.6 Å². The number of nitrogens with two attached hydrogens (primary N) is 1. The average molecular weight is 218 g/mol. The van der Waals surface area contributed by atoms with Gasteiger partial charge < -0.3 is 10.6 Å². The van der Waals surface area contributed by atoms with Crippen LogP contribution in [-0.2, 0) is 6.42 Å². The normalized spacial score (nSPS) is 26.9. The number of piperidine rings is 1. The van der Waals surface area contributed by atoms with E-state index in [1.165, 1.54) is 12.0 Å². The summed E-state index contributed by atoms with van der Waals surface area (Å²) < 4.78 is 0. The molecule has 1 saturated heterocycles. The molecule has 1 aliphatic rings. The van der Waals surface area contributed by atoms with Crippen LogP contribution in [0.25, 0.3) is 0 Å². The minimum Gasteiger partial charge on any atom is -0.327 e. The summed E-state index contributed by atoms with van der Waals surface area (Å²) in [6, 6.07) is 11.1. The van der Waals surface area contributed by atoms with Crippen LogP contribution in [0.15, 0.2) is 30.3 Å². The van der Waals surface area contributed by atoms with Gasteiger partial charge in [-0.15, -0.1) is 0 Å². The van der Waals surface area contributed by atoms with Crippen molar-refractivity contribution in [3.05, 3.63) is 35.9 Å². The standard InChI is InChI=1S/C14H22N2/c1-16-10-9-14(15)13(11-16)8-7-12-5-3-2-4-6-12/h2-6,13-14H,7-11,15H2,1H3. The Labute approximate surface area is 98.4 Å². The fraction of sp³-hybridized carbons (Fsp3) is 0.571. The molecule has 16 heavy (non-hydrogen) atoms. The Morgan fingerprint density at radius 2 is 2.06 bits per heavy atom. The van der Waals surface area contributed by atoms with Gasteiger partial charge in [-0.3, -0.25) is 0 Å². The third kappa shape index (κ3) is 3.06. The predicted octanol–water partition coefficient (Wildman–Crippen LogP) is 1.90. The number of hydrogen-bond donors (Lipinski definition) is 1. The lowest BCUT2D eigenvalue weighted by Gasteiger charge is -2.34. The van der Waals surface area contributed by atoms with Crippen molar-refractivity contribution in [2.75, 3.05) is 20.1 Å². The fourth-order valence-corrected chi connectivity index (χ4v) is 2.53. The molecule has 1 aliphatic heterocycles. The first kappa shape index (κ1) is 11.6. The number of benzene rings is 1. The van der Waals surface area contributed by atoms with E-state index >= 15 is 0 Å². The van der Waals surface area contributed by atoms with E-state index in [4.69, 9.17) is 5.73 Å². The van der Waals surface area contributed by atoms with Gasteiger partial charge in [0.1, 0.15) is 0 Å². The van der Waals surface area contributed by atoms with E-state index < -0.39 is 0 Å². The van der Waals surface area contributed by atoms with Gasteiger partial charge in [0.2, 0.25) is 0 Å². The Morgan fingerprint density at radius 1 is 1.31 bits per heavy atom. The van der Waals surface area contributed by atoms with Crippen LogP contribution < -0.4 is 5.73 Å². The van der Waals surface area contributed by atoms with Crippen molar-refractivity contribution < 1.29 is 0 Å². The number of likely N-dealkylation sites (tertiary alicyclic amines) is 1. The van der Waals surface area contributed by atoms with E-state index in [0.29, 0.717) is 12.0 Å². The minimum atomic E-state index is 0.403. The SMILES string of the molecule is CN1CCC(N)C(CCc2ccccc2)C1. The van der Waals surface area contributed by atoms with E-state index in [2.05, 4.69) is 42.3 Å². The molecule has 2 atom stereocenters. The lowest BCUT2D eigenvalue weighted by Crippen LogP contribution is -2.45. The van der Waals surface area contributed by atoms with Crippen LogP contribution in [0.2, 0.25) is 0 Å². The fourth-order valence-electron chi connectivity index (χ4n) is 2.53. The van der Waals surface area contributed by atoms with Gasteiger partial charge in [0.15, 0.2) is 0 Å². The lowest BCUT2D eigenvalue weighted by molar-refractivity contribution is 0.178. The zero-order chi connectivity index (χ0) is 11.4. The van der Waals surface area contributed by atoms with E-state index in [9.17, 15) is 0 Å². The Hall–Kier alpha value is -0.860. The van der Waals surface area contributed by atoms with Crippen molar-refractivity contribution in [1.82, 2.24) is 4.90 Å². The first-order valence-corrected chi connectivity index (χ1v) is 6.24. The number of aryl methyl sites for hydroxylation is 1. The molecule has 0 aliphatic carbocycles. The van der Waals surface area contributed by atoms with Crippen LogP contribution >= 0.6 is 0 Å². The van der Waals surface area contributed by atoms with E-state index in [1.807, 2.05) is 0 Å². The second-order valence-corrected chi connectivity index (χ2v) is 5.00. The topological polar surface area (TPSA) is 29.3 Å². The highest BCUT2D eigenvalue weighted by Gasteiger charge is 2.24. The quantitative estimate of drug-likeness (QED) is 0.839. The second kappa shape index (κ2) is 5.46. The zero-order valence-electron chi connectivity index (χ0n) is 10.1. The first-order valence-electron chi connectivity index (χ1n) is 6.24. The van der Waals surface area contributed by atoms with Crippen molar-refractivity contribution in [1.29, 1.82) is 0 Å². The minimum absolute atomic E-state index is 0.403. The van der Waals surface area contributed by atoms with E-state index in [1.54, 1.807) is 0 Å². The van der Waals surface area contributed by atoms with Gasteiger partial charge in [-0.25, -0.2) is 0 Å². The van der Waals surface area contributed by atoms with Gasteiger partial charge in [-0.2, -0.15) is 0 Å². The molecule has 0 amide bonds. The Morgan fingerprint density at radius 3 is 2.81 bits per heavy atom. The molecule has 1 heterocycles. The third-order valence-corrected chi connectivity index (χ3v) is 3.64. The molecular weight excluding hydrogens is 196 g/mol. The summed E-state index contributed by atoms with van der Waals surface area (Å²) in [4.78, 5) is 2.40. The van der Waals surface area contributed by atoms with Crippen molar-refractivity contribution in [3.8, 4) is 0 Å². The molecule has 0 spiro atoms. The summed E-state index contributed by atoms with van der Waals surface area (Å²) in [5, 5.41) is 0. The maximum atomic E-state index is 6.18. The average Bonchev–Trinajstić information content (AvgIpc) is 2.32. The van der Waals surface area contributed by atoms with Gasteiger partial charge in [0.25, 0.3) is 0 Å². The number of rotatable bonds is 3. The highest BCUT2D eigenvalue weighted by Crippen LogP contribution is 2.19. The van der Waals surface area contributed by atoms with Crippen LogP contribution in [0.4, 0.5) is 0 Å². The van der Waals surface area contributed by atoms with Crippen molar-refractivity contribution in [3.63, 3.8) is 0 Å². The van der Waals surface area contributed by atoms with Gasteiger partial charge >= 0.3 is 0 Å². The van der Waals surface area contributed by atoms with Crippen LogP contribution in [-0.4, -0.2) is 31.1 Å². The molecule has 1 aromatic rings. The number of hydrogen-bond acceptors (Lipinski definition) is 2. The molecular formula is C14H22N2. The summed E-state index contributed by atoms with van der Waals surface area (Å²) >= 11 is 0. The third-order valence-electron chi connectivity index (χ3n) is 3.64. The molecule has 2 nitrogen and oxygen atoms in total. The highest BCUT2D eigenvalue weighted by atomic mass is 15.1. The maximum Gasteiger partial charge on any atom is 0.00916 e. The molecule has 0 saturated carbocycles. The smallest absolute Gasteiger partial charge is 0.00916 e. The van der Waals surface area contributed by atoms with Crippen molar-refractivity contribution in [2.45, 2.75) is 25.3 Å². The molecule has 0 bridgehead atoms. The molecule has 0 radical (unpaired) electrons. The Bertz CT molecular complexity index is 310. The molecule has 2 N–H and O–H groups in total. The zero-order valence-corrected chi connectivity index (χ0v) is 10.1. The largest absolute Gasteiger partial charge is 0.327 e. The Balaban J connectivity index is 1.85. The summed E-state index contributed by atoms with van der Waals surface area (Å²) in [5.41, 5.74) is 7.61. The van der Waals surface area contributed by atoms with Gasteiger partial charge in [-0.1, -0.05) is 30.3 Å². The van der Waals surface area contributed by atoms with E-state index in [0.717, 1.165) is 25.9 Å². The van der Waals surface area contributed by atoms with Crippen molar-refractivity contribution in [2.24, 2.45) is 11.7 Å².